The van der Waals surface area contributed by atoms with Gasteiger partial charge in [0, 0.05) is 22.3 Å². The zero-order chi connectivity index (χ0) is 34.3. The minimum atomic E-state index is 0.556. The first-order chi connectivity index (χ1) is 25.1. The topological polar surface area (TPSA) is 47.9 Å². The third-order valence-corrected chi connectivity index (χ3v) is 9.73. The maximum Gasteiger partial charge on any atom is 0.167 e. The Labute approximate surface area is 297 Å². The second kappa shape index (κ2) is 12.7. The average Bonchev–Trinajstić information content (AvgIpc) is 3.33. The lowest BCUT2D eigenvalue weighted by Crippen LogP contribution is -2.01. The SMILES string of the molecule is Cc1ccccc1-c1cccc(-c2ccc3c(c2)-c2ccccc2-c2cccc(-c4nc(-c5ccccc5)nc(-c5ccccc5)n4)c2O3)c1C. The summed E-state index contributed by atoms with van der Waals surface area (Å²) >= 11 is 0. The standard InChI is InChI=1S/C47H33N3O/c1-30-15-9-10-20-35(30)37-24-13-23-36(31(37)2)34-27-28-43-42(29-34)39-22-12-11-21-38(39)40-25-14-26-41(44(40)51-43)47-49-45(32-16-5-3-6-17-32)48-46(50-47)33-18-7-4-8-19-33/h3-29H,1-2H3. The van der Waals surface area contributed by atoms with Crippen molar-refractivity contribution in [3.05, 3.63) is 175 Å². The molecule has 1 aromatic heterocycles. The van der Waals surface area contributed by atoms with Crippen LogP contribution in [0, 0.1) is 13.8 Å². The van der Waals surface area contributed by atoms with Crippen LogP contribution < -0.4 is 4.74 Å². The second-order valence-corrected chi connectivity index (χ2v) is 12.9. The molecule has 0 radical (unpaired) electrons. The van der Waals surface area contributed by atoms with Crippen LogP contribution in [0.1, 0.15) is 11.1 Å². The molecular formula is C47H33N3O. The van der Waals surface area contributed by atoms with Crippen LogP contribution in [0.3, 0.4) is 0 Å². The van der Waals surface area contributed by atoms with Crippen LogP contribution in [-0.4, -0.2) is 15.0 Å². The first kappa shape index (κ1) is 30.4. The molecule has 0 saturated heterocycles. The van der Waals surface area contributed by atoms with Crippen molar-refractivity contribution in [1.82, 2.24) is 15.0 Å². The highest BCUT2D eigenvalue weighted by atomic mass is 16.5. The van der Waals surface area contributed by atoms with E-state index in [4.69, 9.17) is 19.7 Å². The van der Waals surface area contributed by atoms with Gasteiger partial charge in [0.15, 0.2) is 17.5 Å². The van der Waals surface area contributed by atoms with E-state index >= 15 is 0 Å². The lowest BCUT2D eigenvalue weighted by atomic mass is 9.89. The predicted molar refractivity (Wildman–Crippen MR) is 207 cm³/mol. The Kier molecular flexibility index (Phi) is 7.55. The molecule has 0 spiro atoms. The Bertz CT molecular complexity index is 2520. The summed E-state index contributed by atoms with van der Waals surface area (Å²) in [5.41, 5.74) is 14.2. The maximum atomic E-state index is 6.99. The Morgan fingerprint density at radius 3 is 1.53 bits per heavy atom. The van der Waals surface area contributed by atoms with E-state index < -0.39 is 0 Å². The molecule has 51 heavy (non-hydrogen) atoms. The van der Waals surface area contributed by atoms with Gasteiger partial charge in [-0.05, 0) is 76.6 Å². The van der Waals surface area contributed by atoms with Gasteiger partial charge in [0.2, 0.25) is 0 Å². The van der Waals surface area contributed by atoms with Gasteiger partial charge in [-0.1, -0.05) is 146 Å². The van der Waals surface area contributed by atoms with Gasteiger partial charge in [-0.25, -0.2) is 15.0 Å². The van der Waals surface area contributed by atoms with Crippen molar-refractivity contribution in [1.29, 1.82) is 0 Å². The van der Waals surface area contributed by atoms with E-state index in [9.17, 15) is 0 Å². The van der Waals surface area contributed by atoms with Crippen LogP contribution in [-0.2, 0) is 0 Å². The molecule has 7 aromatic carbocycles. The van der Waals surface area contributed by atoms with Crippen LogP contribution in [0.15, 0.2) is 164 Å². The zero-order valence-corrected chi connectivity index (χ0v) is 28.3. The molecule has 4 nitrogen and oxygen atoms in total. The Morgan fingerprint density at radius 1 is 0.353 bits per heavy atom. The molecule has 1 aliphatic heterocycles. The fourth-order valence-corrected chi connectivity index (χ4v) is 7.14. The molecule has 9 rings (SSSR count). The molecule has 0 unspecified atom stereocenters. The lowest BCUT2D eigenvalue weighted by Gasteiger charge is -2.16. The summed E-state index contributed by atoms with van der Waals surface area (Å²) in [6.07, 6.45) is 0. The molecule has 0 amide bonds. The number of nitrogens with zero attached hydrogens (tertiary/aromatic N) is 3. The van der Waals surface area contributed by atoms with E-state index in [1.165, 1.54) is 27.8 Å². The van der Waals surface area contributed by atoms with E-state index in [0.717, 1.165) is 56.0 Å². The number of aryl methyl sites for hydroxylation is 1. The van der Waals surface area contributed by atoms with Crippen LogP contribution in [0.25, 0.3) is 78.7 Å². The number of hydrogen-bond donors (Lipinski definition) is 0. The first-order valence-corrected chi connectivity index (χ1v) is 17.2. The maximum absolute atomic E-state index is 6.99. The summed E-state index contributed by atoms with van der Waals surface area (Å²) < 4.78 is 6.99. The number of ether oxygens (including phenoxy) is 1. The average molecular weight is 656 g/mol. The Morgan fingerprint density at radius 2 is 0.863 bits per heavy atom. The van der Waals surface area contributed by atoms with Crippen LogP contribution in [0.4, 0.5) is 0 Å². The van der Waals surface area contributed by atoms with Gasteiger partial charge in [-0.2, -0.15) is 0 Å². The minimum Gasteiger partial charge on any atom is -0.455 e. The van der Waals surface area contributed by atoms with Crippen molar-refractivity contribution in [2.45, 2.75) is 13.8 Å². The molecule has 242 valence electrons. The minimum absolute atomic E-state index is 0.556. The van der Waals surface area contributed by atoms with Crippen LogP contribution in [0.2, 0.25) is 0 Å². The highest BCUT2D eigenvalue weighted by molar-refractivity contribution is 5.95. The number of aromatic nitrogens is 3. The Hall–Kier alpha value is -6.65. The van der Waals surface area contributed by atoms with Crippen molar-refractivity contribution >= 4 is 0 Å². The van der Waals surface area contributed by atoms with Gasteiger partial charge in [0.25, 0.3) is 0 Å². The number of para-hydroxylation sites is 1. The number of benzene rings is 7. The molecule has 0 aliphatic carbocycles. The van der Waals surface area contributed by atoms with Gasteiger partial charge in [-0.15, -0.1) is 0 Å². The molecule has 0 atom stereocenters. The van der Waals surface area contributed by atoms with E-state index in [2.05, 4.69) is 111 Å². The molecule has 1 aliphatic rings. The van der Waals surface area contributed by atoms with Crippen molar-refractivity contribution in [3.8, 4) is 90.2 Å². The second-order valence-electron chi connectivity index (χ2n) is 12.9. The van der Waals surface area contributed by atoms with Crippen LogP contribution in [0.5, 0.6) is 11.5 Å². The fraction of sp³-hybridized carbons (Fsp3) is 0.0426. The molecule has 0 saturated carbocycles. The summed E-state index contributed by atoms with van der Waals surface area (Å²) in [4.78, 5) is 15.0. The van der Waals surface area contributed by atoms with Gasteiger partial charge < -0.3 is 4.74 Å². The van der Waals surface area contributed by atoms with Crippen molar-refractivity contribution in [2.24, 2.45) is 0 Å². The molecule has 0 bridgehead atoms. The molecule has 8 aromatic rings. The van der Waals surface area contributed by atoms with Gasteiger partial charge in [0.05, 0.1) is 5.56 Å². The van der Waals surface area contributed by atoms with E-state index in [1.807, 2.05) is 66.7 Å². The summed E-state index contributed by atoms with van der Waals surface area (Å²) in [5.74, 6) is 3.28. The quantitative estimate of drug-likeness (QED) is 0.185. The van der Waals surface area contributed by atoms with E-state index in [0.29, 0.717) is 17.5 Å². The predicted octanol–water partition coefficient (Wildman–Crippen LogP) is 12.3. The van der Waals surface area contributed by atoms with E-state index in [1.54, 1.807) is 0 Å². The highest BCUT2D eigenvalue weighted by Gasteiger charge is 2.26. The summed E-state index contributed by atoms with van der Waals surface area (Å²) in [7, 11) is 0. The summed E-state index contributed by atoms with van der Waals surface area (Å²) in [6, 6.07) is 56.6. The Balaban J connectivity index is 1.21. The molecule has 4 heteroatoms. The third kappa shape index (κ3) is 5.48. The first-order valence-electron chi connectivity index (χ1n) is 17.2. The highest BCUT2D eigenvalue weighted by Crippen LogP contribution is 2.51. The van der Waals surface area contributed by atoms with Crippen molar-refractivity contribution in [3.63, 3.8) is 0 Å². The third-order valence-electron chi connectivity index (χ3n) is 9.73. The monoisotopic (exact) mass is 655 g/mol. The molecule has 2 heterocycles. The fourth-order valence-electron chi connectivity index (χ4n) is 7.14. The number of hydrogen-bond acceptors (Lipinski definition) is 4. The van der Waals surface area contributed by atoms with Gasteiger partial charge in [0.1, 0.15) is 11.5 Å². The molecular weight excluding hydrogens is 623 g/mol. The lowest BCUT2D eigenvalue weighted by molar-refractivity contribution is 0.489. The van der Waals surface area contributed by atoms with Gasteiger partial charge in [-0.3, -0.25) is 0 Å². The smallest absolute Gasteiger partial charge is 0.167 e. The molecule has 0 N–H and O–H groups in total. The van der Waals surface area contributed by atoms with Crippen LogP contribution >= 0.6 is 0 Å². The van der Waals surface area contributed by atoms with E-state index in [-0.39, 0.29) is 0 Å². The number of fused-ring (bicyclic) bond motifs is 5. The van der Waals surface area contributed by atoms with Crippen molar-refractivity contribution in [2.75, 3.05) is 0 Å². The number of rotatable bonds is 5. The van der Waals surface area contributed by atoms with Gasteiger partial charge >= 0.3 is 0 Å². The normalized spacial score (nSPS) is 11.5. The summed E-state index contributed by atoms with van der Waals surface area (Å²) in [5, 5.41) is 0. The molecule has 0 fully saturated rings. The summed E-state index contributed by atoms with van der Waals surface area (Å²) in [6.45, 7) is 4.39. The zero-order valence-electron chi connectivity index (χ0n) is 28.3. The van der Waals surface area contributed by atoms with Crippen molar-refractivity contribution < 1.29 is 4.74 Å². The largest absolute Gasteiger partial charge is 0.455 e.